The van der Waals surface area contributed by atoms with Crippen molar-refractivity contribution in [3.05, 3.63) is 0 Å². The van der Waals surface area contributed by atoms with Gasteiger partial charge in [0.15, 0.2) is 0 Å². The highest BCUT2D eigenvalue weighted by Crippen LogP contribution is 2.61. The molecule has 0 spiro atoms. The molecular formula is C17H26NO3-. The Morgan fingerprint density at radius 2 is 1.62 bits per heavy atom. The monoisotopic (exact) mass is 292 g/mol. The van der Waals surface area contributed by atoms with Gasteiger partial charge in [-0.25, -0.2) is 0 Å². The van der Waals surface area contributed by atoms with E-state index < -0.39 is 5.97 Å². The lowest BCUT2D eigenvalue weighted by atomic mass is 9.48. The molecule has 0 aromatic carbocycles. The lowest BCUT2D eigenvalue weighted by Gasteiger charge is -2.59. The average molecular weight is 292 g/mol. The fourth-order valence-corrected chi connectivity index (χ4v) is 5.57. The van der Waals surface area contributed by atoms with Gasteiger partial charge in [-0.1, -0.05) is 0 Å². The zero-order valence-corrected chi connectivity index (χ0v) is 12.9. The van der Waals surface area contributed by atoms with Crippen LogP contribution in [0.5, 0.6) is 0 Å². The van der Waals surface area contributed by atoms with Crippen LogP contribution in [0, 0.1) is 23.2 Å². The van der Waals surface area contributed by atoms with Gasteiger partial charge in [0.1, 0.15) is 0 Å². The normalized spacial score (nSPS) is 38.2. The van der Waals surface area contributed by atoms with Crippen LogP contribution in [0.1, 0.15) is 64.7 Å². The van der Waals surface area contributed by atoms with E-state index in [0.717, 1.165) is 17.8 Å². The van der Waals surface area contributed by atoms with Crippen LogP contribution in [0.4, 0.5) is 0 Å². The first-order valence-electron chi connectivity index (χ1n) is 8.46. The van der Waals surface area contributed by atoms with Crippen LogP contribution in [0.15, 0.2) is 0 Å². The van der Waals surface area contributed by atoms with Gasteiger partial charge in [0, 0.05) is 18.4 Å². The number of carboxylic acid groups (broad SMARTS) is 1. The molecule has 0 saturated heterocycles. The Bertz CT molecular complexity index is 396. The molecule has 118 valence electrons. The van der Waals surface area contributed by atoms with Crippen molar-refractivity contribution < 1.29 is 14.7 Å². The van der Waals surface area contributed by atoms with E-state index in [1.54, 1.807) is 0 Å². The summed E-state index contributed by atoms with van der Waals surface area (Å²) in [5.74, 6) is 1.58. The molecule has 21 heavy (non-hydrogen) atoms. The van der Waals surface area contributed by atoms with Crippen LogP contribution in [-0.4, -0.2) is 17.9 Å². The smallest absolute Gasteiger partial charge is 0.220 e. The molecule has 4 saturated carbocycles. The summed E-state index contributed by atoms with van der Waals surface area (Å²) < 4.78 is 0. The Morgan fingerprint density at radius 3 is 2.10 bits per heavy atom. The van der Waals surface area contributed by atoms with Gasteiger partial charge in [-0.05, 0) is 81.5 Å². The molecule has 4 aliphatic rings. The molecule has 0 aromatic heterocycles. The van der Waals surface area contributed by atoms with Gasteiger partial charge in [-0.2, -0.15) is 0 Å². The van der Waals surface area contributed by atoms with E-state index in [4.69, 9.17) is 0 Å². The molecule has 4 heteroatoms. The third-order valence-corrected chi connectivity index (χ3v) is 6.17. The molecule has 0 radical (unpaired) electrons. The summed E-state index contributed by atoms with van der Waals surface area (Å²) in [6.07, 6.45) is 8.70. The zero-order valence-electron chi connectivity index (χ0n) is 12.9. The number of aliphatic carboxylic acids is 1. The van der Waals surface area contributed by atoms with Crippen molar-refractivity contribution in [2.24, 2.45) is 23.2 Å². The molecule has 4 rings (SSSR count). The largest absolute Gasteiger partial charge is 0.550 e. The van der Waals surface area contributed by atoms with Gasteiger partial charge < -0.3 is 15.2 Å². The summed E-state index contributed by atoms with van der Waals surface area (Å²) in [7, 11) is 0. The Morgan fingerprint density at radius 1 is 1.10 bits per heavy atom. The Kier molecular flexibility index (Phi) is 3.98. The second kappa shape index (κ2) is 5.62. The number of hydrogen-bond donors (Lipinski definition) is 1. The molecular weight excluding hydrogens is 266 g/mol. The second-order valence-corrected chi connectivity index (χ2v) is 7.79. The standard InChI is InChI=1S/C17H27NO3/c1-11(18-15(19)3-2-4-16(20)21)17-8-12-5-13(9-17)7-14(6-12)10-17/h11-14H,2-10H2,1H3,(H,18,19)(H,20,21)/p-1/t11-,12?,13?,14?,17?/m0/s1. The molecule has 1 amide bonds. The minimum Gasteiger partial charge on any atom is -0.550 e. The summed E-state index contributed by atoms with van der Waals surface area (Å²) in [6.45, 7) is 2.16. The van der Waals surface area contributed by atoms with Crippen LogP contribution in [0.3, 0.4) is 0 Å². The third-order valence-electron chi connectivity index (χ3n) is 6.17. The summed E-state index contributed by atoms with van der Waals surface area (Å²) in [4.78, 5) is 22.4. The van der Waals surface area contributed by atoms with Crippen molar-refractivity contribution in [3.8, 4) is 0 Å². The number of amides is 1. The Labute approximate surface area is 126 Å². The maximum atomic E-state index is 12.0. The minimum atomic E-state index is -1.07. The molecule has 0 aromatic rings. The third kappa shape index (κ3) is 3.09. The first kappa shape index (κ1) is 14.9. The van der Waals surface area contributed by atoms with Gasteiger partial charge >= 0.3 is 0 Å². The summed E-state index contributed by atoms with van der Waals surface area (Å²) in [5.41, 5.74) is 0.318. The molecule has 4 bridgehead atoms. The molecule has 4 aliphatic carbocycles. The molecule has 0 unspecified atom stereocenters. The van der Waals surface area contributed by atoms with Crippen molar-refractivity contribution in [1.82, 2.24) is 5.32 Å². The van der Waals surface area contributed by atoms with Gasteiger partial charge in [0.25, 0.3) is 0 Å². The van der Waals surface area contributed by atoms with E-state index >= 15 is 0 Å². The highest BCUT2D eigenvalue weighted by molar-refractivity contribution is 5.77. The molecule has 1 atom stereocenters. The fraction of sp³-hybridized carbons (Fsp3) is 0.882. The Balaban J connectivity index is 1.54. The molecule has 4 fully saturated rings. The van der Waals surface area contributed by atoms with E-state index in [9.17, 15) is 14.7 Å². The predicted octanol–water partition coefficient (Wildman–Crippen LogP) is 1.63. The highest BCUT2D eigenvalue weighted by Gasteiger charge is 2.53. The predicted molar refractivity (Wildman–Crippen MR) is 77.1 cm³/mol. The number of nitrogens with one attached hydrogen (secondary N) is 1. The number of rotatable bonds is 6. The maximum absolute atomic E-state index is 12.0. The zero-order chi connectivity index (χ0) is 15.0. The first-order chi connectivity index (χ1) is 9.97. The van der Waals surface area contributed by atoms with Crippen LogP contribution < -0.4 is 10.4 Å². The Hall–Kier alpha value is -1.06. The average Bonchev–Trinajstić information content (AvgIpc) is 2.36. The summed E-state index contributed by atoms with van der Waals surface area (Å²) >= 11 is 0. The van der Waals surface area contributed by atoms with E-state index in [1.807, 2.05) is 0 Å². The summed E-state index contributed by atoms with van der Waals surface area (Å²) in [5, 5.41) is 13.5. The first-order valence-corrected chi connectivity index (χ1v) is 8.46. The fourth-order valence-electron chi connectivity index (χ4n) is 5.57. The second-order valence-electron chi connectivity index (χ2n) is 7.79. The highest BCUT2D eigenvalue weighted by atomic mass is 16.4. The lowest BCUT2D eigenvalue weighted by molar-refractivity contribution is -0.305. The van der Waals surface area contributed by atoms with E-state index in [0.29, 0.717) is 18.3 Å². The maximum Gasteiger partial charge on any atom is 0.220 e. The molecule has 0 heterocycles. The number of carbonyl (C=O) groups excluding carboxylic acids is 2. The number of hydrogen-bond acceptors (Lipinski definition) is 3. The van der Waals surface area contributed by atoms with Crippen molar-refractivity contribution in [2.75, 3.05) is 0 Å². The topological polar surface area (TPSA) is 69.2 Å². The van der Waals surface area contributed by atoms with Gasteiger partial charge in [-0.15, -0.1) is 0 Å². The van der Waals surface area contributed by atoms with Crippen LogP contribution >= 0.6 is 0 Å². The van der Waals surface area contributed by atoms with Crippen molar-refractivity contribution in [1.29, 1.82) is 0 Å². The SMILES string of the molecule is C[C@H](NC(=O)CCCC(=O)[O-])C12CC3CC(CC(C3)C1)C2. The minimum absolute atomic E-state index is 0.000467. The van der Waals surface area contributed by atoms with Crippen LogP contribution in [0.2, 0.25) is 0 Å². The van der Waals surface area contributed by atoms with Crippen LogP contribution in [-0.2, 0) is 9.59 Å². The lowest BCUT2D eigenvalue weighted by Crippen LogP contribution is -2.55. The summed E-state index contributed by atoms with van der Waals surface area (Å²) in [6, 6.07) is 0.223. The van der Waals surface area contributed by atoms with Crippen LogP contribution in [0.25, 0.3) is 0 Å². The van der Waals surface area contributed by atoms with Gasteiger partial charge in [0.05, 0.1) is 0 Å². The molecule has 1 N–H and O–H groups in total. The van der Waals surface area contributed by atoms with Gasteiger partial charge in [-0.3, -0.25) is 4.79 Å². The van der Waals surface area contributed by atoms with Crippen molar-refractivity contribution >= 4 is 11.9 Å². The van der Waals surface area contributed by atoms with Gasteiger partial charge in [0.2, 0.25) is 5.91 Å². The van der Waals surface area contributed by atoms with Crippen molar-refractivity contribution in [2.45, 2.75) is 70.8 Å². The van der Waals surface area contributed by atoms with Crippen molar-refractivity contribution in [3.63, 3.8) is 0 Å². The quantitative estimate of drug-likeness (QED) is 0.809. The molecule has 0 aliphatic heterocycles. The van der Waals surface area contributed by atoms with E-state index in [1.165, 1.54) is 38.5 Å². The van der Waals surface area contributed by atoms with E-state index in [-0.39, 0.29) is 18.4 Å². The molecule has 4 nitrogen and oxygen atoms in total. The number of carboxylic acids is 1. The van der Waals surface area contributed by atoms with E-state index in [2.05, 4.69) is 12.2 Å². The number of carbonyl (C=O) groups is 2.